The molecule has 0 aliphatic heterocycles. The largest absolute Gasteiger partial charge is 0.322 e. The SMILES string of the molecule is Cc1ccccc1NC(=O)c1ccc(C=O)cc1. The van der Waals surface area contributed by atoms with Crippen molar-refractivity contribution in [2.75, 3.05) is 5.32 Å². The summed E-state index contributed by atoms with van der Waals surface area (Å²) in [6, 6.07) is 14.1. The smallest absolute Gasteiger partial charge is 0.255 e. The topological polar surface area (TPSA) is 46.2 Å². The molecule has 0 aromatic heterocycles. The minimum absolute atomic E-state index is 0.179. The number of benzene rings is 2. The molecule has 1 N–H and O–H groups in total. The van der Waals surface area contributed by atoms with Gasteiger partial charge < -0.3 is 5.32 Å². The quantitative estimate of drug-likeness (QED) is 0.837. The van der Waals surface area contributed by atoms with Gasteiger partial charge in [0.2, 0.25) is 0 Å². The van der Waals surface area contributed by atoms with Crippen LogP contribution < -0.4 is 5.32 Å². The van der Waals surface area contributed by atoms with Crippen molar-refractivity contribution >= 4 is 17.9 Å². The van der Waals surface area contributed by atoms with Crippen molar-refractivity contribution < 1.29 is 9.59 Å². The molecular weight excluding hydrogens is 226 g/mol. The molecule has 0 aliphatic carbocycles. The van der Waals surface area contributed by atoms with Gasteiger partial charge in [-0.15, -0.1) is 0 Å². The van der Waals surface area contributed by atoms with Crippen LogP contribution in [-0.2, 0) is 0 Å². The predicted octanol–water partition coefficient (Wildman–Crippen LogP) is 3.06. The number of aldehydes is 1. The number of rotatable bonds is 3. The van der Waals surface area contributed by atoms with Gasteiger partial charge in [-0.05, 0) is 30.7 Å². The van der Waals surface area contributed by atoms with E-state index in [1.165, 1.54) is 0 Å². The zero-order valence-electron chi connectivity index (χ0n) is 10.0. The fourth-order valence-corrected chi connectivity index (χ4v) is 1.62. The van der Waals surface area contributed by atoms with Gasteiger partial charge in [0, 0.05) is 16.8 Å². The fraction of sp³-hybridized carbons (Fsp3) is 0.0667. The van der Waals surface area contributed by atoms with E-state index in [4.69, 9.17) is 0 Å². The monoisotopic (exact) mass is 239 g/mol. The summed E-state index contributed by atoms with van der Waals surface area (Å²) in [6.07, 6.45) is 0.753. The van der Waals surface area contributed by atoms with E-state index in [-0.39, 0.29) is 5.91 Å². The van der Waals surface area contributed by atoms with E-state index in [0.29, 0.717) is 11.1 Å². The highest BCUT2D eigenvalue weighted by molar-refractivity contribution is 6.04. The molecule has 0 radical (unpaired) electrons. The second-order valence-corrected chi connectivity index (χ2v) is 4.01. The highest BCUT2D eigenvalue weighted by atomic mass is 16.1. The van der Waals surface area contributed by atoms with Crippen molar-refractivity contribution in [3.05, 3.63) is 65.2 Å². The van der Waals surface area contributed by atoms with Crippen molar-refractivity contribution in [3.8, 4) is 0 Å². The summed E-state index contributed by atoms with van der Waals surface area (Å²) in [4.78, 5) is 22.5. The third-order valence-corrected chi connectivity index (χ3v) is 2.70. The predicted molar refractivity (Wildman–Crippen MR) is 71.0 cm³/mol. The number of para-hydroxylation sites is 1. The molecule has 0 bridgehead atoms. The van der Waals surface area contributed by atoms with Crippen LogP contribution >= 0.6 is 0 Å². The average molecular weight is 239 g/mol. The van der Waals surface area contributed by atoms with Gasteiger partial charge in [0.1, 0.15) is 6.29 Å². The van der Waals surface area contributed by atoms with Crippen molar-refractivity contribution in [2.45, 2.75) is 6.92 Å². The molecule has 0 fully saturated rings. The molecule has 0 aliphatic rings. The molecule has 0 heterocycles. The van der Waals surface area contributed by atoms with Crippen LogP contribution in [0.4, 0.5) is 5.69 Å². The summed E-state index contributed by atoms with van der Waals surface area (Å²) >= 11 is 0. The number of hydrogen-bond acceptors (Lipinski definition) is 2. The van der Waals surface area contributed by atoms with Crippen molar-refractivity contribution in [1.82, 2.24) is 0 Å². The Morgan fingerprint density at radius 1 is 1.06 bits per heavy atom. The molecule has 18 heavy (non-hydrogen) atoms. The van der Waals surface area contributed by atoms with E-state index in [2.05, 4.69) is 5.32 Å². The lowest BCUT2D eigenvalue weighted by atomic mass is 10.1. The highest BCUT2D eigenvalue weighted by Gasteiger charge is 2.06. The minimum atomic E-state index is -0.179. The average Bonchev–Trinajstić information content (AvgIpc) is 2.41. The molecule has 90 valence electrons. The summed E-state index contributed by atoms with van der Waals surface area (Å²) in [5.74, 6) is -0.179. The maximum Gasteiger partial charge on any atom is 0.255 e. The first-order valence-corrected chi connectivity index (χ1v) is 5.63. The Morgan fingerprint density at radius 2 is 1.72 bits per heavy atom. The standard InChI is InChI=1S/C15H13NO2/c1-11-4-2-3-5-14(11)16-15(18)13-8-6-12(10-17)7-9-13/h2-10H,1H3,(H,16,18). The maximum absolute atomic E-state index is 12.0. The Hall–Kier alpha value is -2.42. The van der Waals surface area contributed by atoms with Gasteiger partial charge in [-0.25, -0.2) is 0 Å². The van der Waals surface area contributed by atoms with E-state index in [0.717, 1.165) is 17.5 Å². The second kappa shape index (κ2) is 5.27. The Bertz CT molecular complexity index is 573. The van der Waals surface area contributed by atoms with Crippen LogP contribution in [0.15, 0.2) is 48.5 Å². The number of carbonyl (C=O) groups excluding carboxylic acids is 2. The molecule has 0 atom stereocenters. The summed E-state index contributed by atoms with van der Waals surface area (Å²) in [7, 11) is 0. The summed E-state index contributed by atoms with van der Waals surface area (Å²) in [5, 5.41) is 2.84. The lowest BCUT2D eigenvalue weighted by Gasteiger charge is -2.07. The summed E-state index contributed by atoms with van der Waals surface area (Å²) in [5.41, 5.74) is 2.89. The molecule has 0 saturated carbocycles. The van der Waals surface area contributed by atoms with Crippen LogP contribution in [0.5, 0.6) is 0 Å². The van der Waals surface area contributed by atoms with Crippen LogP contribution in [0, 0.1) is 6.92 Å². The van der Waals surface area contributed by atoms with Gasteiger partial charge in [-0.2, -0.15) is 0 Å². The Balaban J connectivity index is 2.17. The summed E-state index contributed by atoms with van der Waals surface area (Å²) in [6.45, 7) is 1.94. The zero-order chi connectivity index (χ0) is 13.0. The number of carbonyl (C=O) groups is 2. The van der Waals surface area contributed by atoms with Crippen LogP contribution in [0.2, 0.25) is 0 Å². The van der Waals surface area contributed by atoms with E-state index >= 15 is 0 Å². The molecule has 0 saturated heterocycles. The van der Waals surface area contributed by atoms with E-state index < -0.39 is 0 Å². The second-order valence-electron chi connectivity index (χ2n) is 4.01. The molecule has 3 nitrogen and oxygen atoms in total. The van der Waals surface area contributed by atoms with Gasteiger partial charge in [0.05, 0.1) is 0 Å². The van der Waals surface area contributed by atoms with Crippen LogP contribution in [0.3, 0.4) is 0 Å². The molecule has 0 spiro atoms. The number of hydrogen-bond donors (Lipinski definition) is 1. The van der Waals surface area contributed by atoms with Gasteiger partial charge in [0.25, 0.3) is 5.91 Å². The lowest BCUT2D eigenvalue weighted by molar-refractivity contribution is 0.102. The third kappa shape index (κ3) is 2.63. The maximum atomic E-state index is 12.0. The number of nitrogens with one attached hydrogen (secondary N) is 1. The first kappa shape index (κ1) is 12.0. The van der Waals surface area contributed by atoms with Crippen molar-refractivity contribution in [2.24, 2.45) is 0 Å². The Labute approximate surface area is 105 Å². The normalized spacial score (nSPS) is 9.83. The molecule has 1 amide bonds. The van der Waals surface area contributed by atoms with Crippen molar-refractivity contribution in [1.29, 1.82) is 0 Å². The van der Waals surface area contributed by atoms with E-state index in [1.807, 2.05) is 31.2 Å². The fourth-order valence-electron chi connectivity index (χ4n) is 1.62. The number of aryl methyl sites for hydroxylation is 1. The molecule has 2 aromatic rings. The number of amides is 1. The molecule has 3 heteroatoms. The van der Waals surface area contributed by atoms with E-state index in [9.17, 15) is 9.59 Å². The molecule has 2 rings (SSSR count). The number of anilines is 1. The van der Waals surface area contributed by atoms with Gasteiger partial charge >= 0.3 is 0 Å². The molecule has 2 aromatic carbocycles. The Morgan fingerprint density at radius 3 is 2.33 bits per heavy atom. The van der Waals surface area contributed by atoms with Crippen molar-refractivity contribution in [3.63, 3.8) is 0 Å². The van der Waals surface area contributed by atoms with Gasteiger partial charge in [-0.1, -0.05) is 30.3 Å². The third-order valence-electron chi connectivity index (χ3n) is 2.70. The first-order valence-electron chi connectivity index (χ1n) is 5.63. The summed E-state index contributed by atoms with van der Waals surface area (Å²) < 4.78 is 0. The van der Waals surface area contributed by atoms with Crippen LogP contribution in [0.1, 0.15) is 26.3 Å². The van der Waals surface area contributed by atoms with Gasteiger partial charge in [0.15, 0.2) is 0 Å². The lowest BCUT2D eigenvalue weighted by Crippen LogP contribution is -2.12. The Kier molecular flexibility index (Phi) is 3.53. The zero-order valence-corrected chi connectivity index (χ0v) is 10.0. The van der Waals surface area contributed by atoms with Crippen LogP contribution in [0.25, 0.3) is 0 Å². The molecule has 0 unspecified atom stereocenters. The minimum Gasteiger partial charge on any atom is -0.322 e. The first-order chi connectivity index (χ1) is 8.70. The van der Waals surface area contributed by atoms with Crippen LogP contribution in [-0.4, -0.2) is 12.2 Å². The molecular formula is C15H13NO2. The van der Waals surface area contributed by atoms with E-state index in [1.54, 1.807) is 24.3 Å². The van der Waals surface area contributed by atoms with Gasteiger partial charge in [-0.3, -0.25) is 9.59 Å². The highest BCUT2D eigenvalue weighted by Crippen LogP contribution is 2.14.